The SMILES string of the molecule is Cc1nc(Cl)sc1S(=O)(=O)NCCOCCC(C)C. The maximum Gasteiger partial charge on any atom is 0.252 e. The Morgan fingerprint density at radius 1 is 1.42 bits per heavy atom. The van der Waals surface area contributed by atoms with Gasteiger partial charge >= 0.3 is 0 Å². The van der Waals surface area contributed by atoms with Gasteiger partial charge in [0.15, 0.2) is 8.68 Å². The van der Waals surface area contributed by atoms with E-state index in [1.165, 1.54) is 0 Å². The van der Waals surface area contributed by atoms with Crippen LogP contribution in [0.5, 0.6) is 0 Å². The molecule has 0 unspecified atom stereocenters. The third-order valence-corrected chi connectivity index (χ3v) is 5.68. The number of hydrogen-bond acceptors (Lipinski definition) is 5. The molecule has 0 atom stereocenters. The maximum atomic E-state index is 12.0. The van der Waals surface area contributed by atoms with Crippen molar-refractivity contribution in [2.24, 2.45) is 5.92 Å². The topological polar surface area (TPSA) is 68.3 Å². The van der Waals surface area contributed by atoms with Crippen LogP contribution in [-0.4, -0.2) is 33.2 Å². The lowest BCUT2D eigenvalue weighted by Crippen LogP contribution is -2.27. The highest BCUT2D eigenvalue weighted by Gasteiger charge is 2.20. The molecule has 0 amide bonds. The van der Waals surface area contributed by atoms with E-state index in [0.717, 1.165) is 17.8 Å². The van der Waals surface area contributed by atoms with E-state index in [1.54, 1.807) is 6.92 Å². The first-order valence-electron chi connectivity index (χ1n) is 6.03. The van der Waals surface area contributed by atoms with Crippen molar-refractivity contribution in [1.82, 2.24) is 9.71 Å². The predicted octanol–water partition coefficient (Wildman–Crippen LogP) is 2.45. The quantitative estimate of drug-likeness (QED) is 0.745. The van der Waals surface area contributed by atoms with Crippen LogP contribution in [0.15, 0.2) is 4.21 Å². The molecule has 1 heterocycles. The molecule has 0 spiro atoms. The fourth-order valence-corrected chi connectivity index (χ4v) is 4.13. The Morgan fingerprint density at radius 3 is 2.63 bits per heavy atom. The van der Waals surface area contributed by atoms with E-state index in [2.05, 4.69) is 23.6 Å². The fourth-order valence-electron chi connectivity index (χ4n) is 1.33. The van der Waals surface area contributed by atoms with Crippen molar-refractivity contribution < 1.29 is 13.2 Å². The summed E-state index contributed by atoms with van der Waals surface area (Å²) in [5.41, 5.74) is 0.420. The molecular formula is C11H19ClN2O3S2. The van der Waals surface area contributed by atoms with E-state index in [-0.39, 0.29) is 15.2 Å². The summed E-state index contributed by atoms with van der Waals surface area (Å²) in [7, 11) is -3.53. The van der Waals surface area contributed by atoms with Crippen molar-refractivity contribution in [2.45, 2.75) is 31.4 Å². The number of ether oxygens (including phenoxy) is 1. The summed E-state index contributed by atoms with van der Waals surface area (Å²) < 4.78 is 32.1. The van der Waals surface area contributed by atoms with Crippen LogP contribution in [0, 0.1) is 12.8 Å². The Balaban J connectivity index is 2.38. The van der Waals surface area contributed by atoms with Crippen molar-refractivity contribution in [1.29, 1.82) is 0 Å². The zero-order valence-corrected chi connectivity index (χ0v) is 13.7. The van der Waals surface area contributed by atoms with Crippen LogP contribution in [0.2, 0.25) is 4.47 Å². The number of nitrogens with one attached hydrogen (secondary N) is 1. The van der Waals surface area contributed by atoms with Gasteiger partial charge in [0.2, 0.25) is 0 Å². The summed E-state index contributed by atoms with van der Waals surface area (Å²) in [5, 5.41) is 0. The second-order valence-corrected chi connectivity index (χ2v) is 8.08. The fraction of sp³-hybridized carbons (Fsp3) is 0.727. The molecule has 0 aromatic carbocycles. The number of halogens is 1. The molecule has 1 aromatic rings. The highest BCUT2D eigenvalue weighted by atomic mass is 35.5. The zero-order chi connectivity index (χ0) is 14.5. The highest BCUT2D eigenvalue weighted by Crippen LogP contribution is 2.26. The van der Waals surface area contributed by atoms with Gasteiger partial charge in [-0.25, -0.2) is 18.1 Å². The van der Waals surface area contributed by atoms with Crippen molar-refractivity contribution in [3.05, 3.63) is 10.2 Å². The number of sulfonamides is 1. The van der Waals surface area contributed by atoms with Crippen LogP contribution in [0.3, 0.4) is 0 Å². The molecule has 0 bridgehead atoms. The van der Waals surface area contributed by atoms with Crippen LogP contribution in [-0.2, 0) is 14.8 Å². The smallest absolute Gasteiger partial charge is 0.252 e. The summed E-state index contributed by atoms with van der Waals surface area (Å²) in [4.78, 5) is 3.89. The lowest BCUT2D eigenvalue weighted by molar-refractivity contribution is 0.128. The molecule has 0 saturated heterocycles. The molecule has 8 heteroatoms. The minimum absolute atomic E-state index is 0.166. The number of hydrogen-bond donors (Lipinski definition) is 1. The van der Waals surface area contributed by atoms with Gasteiger partial charge < -0.3 is 4.74 Å². The van der Waals surface area contributed by atoms with Crippen LogP contribution < -0.4 is 4.72 Å². The van der Waals surface area contributed by atoms with Gasteiger partial charge in [-0.15, -0.1) is 0 Å². The molecule has 5 nitrogen and oxygen atoms in total. The second-order valence-electron chi connectivity index (χ2n) is 4.53. The van der Waals surface area contributed by atoms with E-state index in [9.17, 15) is 8.42 Å². The monoisotopic (exact) mass is 326 g/mol. The number of thiazole rings is 1. The number of aryl methyl sites for hydroxylation is 1. The van der Waals surface area contributed by atoms with E-state index in [1.807, 2.05) is 0 Å². The minimum atomic E-state index is -3.53. The lowest BCUT2D eigenvalue weighted by atomic mass is 10.1. The Labute approximate surface area is 123 Å². The summed E-state index contributed by atoms with van der Waals surface area (Å²) >= 11 is 6.65. The van der Waals surface area contributed by atoms with Crippen LogP contribution >= 0.6 is 22.9 Å². The van der Waals surface area contributed by atoms with Crippen molar-refractivity contribution in [3.8, 4) is 0 Å². The Hall–Kier alpha value is -0.210. The highest BCUT2D eigenvalue weighted by molar-refractivity contribution is 7.91. The minimum Gasteiger partial charge on any atom is -0.380 e. The van der Waals surface area contributed by atoms with Gasteiger partial charge in [-0.2, -0.15) is 0 Å². The van der Waals surface area contributed by atoms with Gasteiger partial charge in [-0.05, 0) is 19.3 Å². The van der Waals surface area contributed by atoms with Crippen LogP contribution in [0.25, 0.3) is 0 Å². The van der Waals surface area contributed by atoms with Crippen LogP contribution in [0.4, 0.5) is 0 Å². The maximum absolute atomic E-state index is 12.0. The molecule has 1 aromatic heterocycles. The number of rotatable bonds is 8. The third-order valence-electron chi connectivity index (χ3n) is 2.35. The summed E-state index contributed by atoms with van der Waals surface area (Å²) in [6.45, 7) is 7.10. The zero-order valence-electron chi connectivity index (χ0n) is 11.3. The van der Waals surface area contributed by atoms with E-state index >= 15 is 0 Å². The van der Waals surface area contributed by atoms with Crippen molar-refractivity contribution >= 4 is 33.0 Å². The number of nitrogens with zero attached hydrogens (tertiary/aromatic N) is 1. The average molecular weight is 327 g/mol. The van der Waals surface area contributed by atoms with E-state index < -0.39 is 10.0 Å². The second kappa shape index (κ2) is 7.54. The predicted molar refractivity (Wildman–Crippen MR) is 77.3 cm³/mol. The molecule has 0 aliphatic heterocycles. The van der Waals surface area contributed by atoms with Gasteiger partial charge in [-0.3, -0.25) is 0 Å². The standard InChI is InChI=1S/C11H19ClN2O3S2/c1-8(2)4-6-17-7-5-13-19(15,16)10-9(3)14-11(12)18-10/h8,13H,4-7H2,1-3H3. The van der Waals surface area contributed by atoms with Crippen LogP contribution in [0.1, 0.15) is 26.0 Å². The largest absolute Gasteiger partial charge is 0.380 e. The number of aromatic nitrogens is 1. The summed E-state index contributed by atoms with van der Waals surface area (Å²) in [5.74, 6) is 0.582. The molecular weight excluding hydrogens is 308 g/mol. The van der Waals surface area contributed by atoms with Gasteiger partial charge in [0.05, 0.1) is 12.3 Å². The first kappa shape index (κ1) is 16.8. The van der Waals surface area contributed by atoms with Gasteiger partial charge in [0, 0.05) is 13.2 Å². The average Bonchev–Trinajstić information content (AvgIpc) is 2.63. The first-order valence-corrected chi connectivity index (χ1v) is 8.71. The molecule has 0 fully saturated rings. The summed E-state index contributed by atoms with van der Waals surface area (Å²) in [6.07, 6.45) is 0.969. The molecule has 1 rings (SSSR count). The Bertz CT molecular complexity index is 500. The van der Waals surface area contributed by atoms with Gasteiger partial charge in [-0.1, -0.05) is 36.8 Å². The molecule has 0 radical (unpaired) electrons. The molecule has 1 N–H and O–H groups in total. The third kappa shape index (κ3) is 5.74. The van der Waals surface area contributed by atoms with Gasteiger partial charge in [0.25, 0.3) is 10.0 Å². The van der Waals surface area contributed by atoms with Crippen molar-refractivity contribution in [3.63, 3.8) is 0 Å². The lowest BCUT2D eigenvalue weighted by Gasteiger charge is -2.07. The summed E-state index contributed by atoms with van der Waals surface area (Å²) in [6, 6.07) is 0. The first-order chi connectivity index (χ1) is 8.83. The molecule has 0 aliphatic rings. The van der Waals surface area contributed by atoms with Crippen molar-refractivity contribution in [2.75, 3.05) is 19.8 Å². The molecule has 110 valence electrons. The Morgan fingerprint density at radius 2 is 2.11 bits per heavy atom. The van der Waals surface area contributed by atoms with E-state index in [4.69, 9.17) is 16.3 Å². The normalized spacial score (nSPS) is 12.3. The van der Waals surface area contributed by atoms with Gasteiger partial charge in [0.1, 0.15) is 0 Å². The Kier molecular flexibility index (Phi) is 6.68. The van der Waals surface area contributed by atoms with E-state index in [0.29, 0.717) is 24.8 Å². The molecule has 0 aliphatic carbocycles. The molecule has 19 heavy (non-hydrogen) atoms. The molecule has 0 saturated carbocycles.